The maximum Gasteiger partial charge on any atom is 0.272 e. The standard InChI is InChI=1S/C22H23N3OS/c1-24-20(16-19(23-24)17-8-4-2-5-9-17)22(26)25-13-12-21(27-15-14-25)18-10-6-3-7-11-18/h2-11,16,21H,12-15H2,1H3. The van der Waals surface area contributed by atoms with E-state index in [0.717, 1.165) is 36.5 Å². The van der Waals surface area contributed by atoms with Crippen LogP contribution in [0.2, 0.25) is 0 Å². The number of hydrogen-bond donors (Lipinski definition) is 0. The summed E-state index contributed by atoms with van der Waals surface area (Å²) < 4.78 is 1.71. The summed E-state index contributed by atoms with van der Waals surface area (Å²) in [4.78, 5) is 15.1. The van der Waals surface area contributed by atoms with Crippen LogP contribution in [0.1, 0.15) is 27.7 Å². The maximum absolute atomic E-state index is 13.1. The number of benzene rings is 2. The second-order valence-corrected chi connectivity index (χ2v) is 8.07. The number of carbonyl (C=O) groups is 1. The molecule has 0 N–H and O–H groups in total. The lowest BCUT2D eigenvalue weighted by Crippen LogP contribution is -2.34. The van der Waals surface area contributed by atoms with Gasteiger partial charge in [-0.2, -0.15) is 16.9 Å². The number of aryl methyl sites for hydroxylation is 1. The molecule has 1 atom stereocenters. The molecule has 3 aromatic rings. The van der Waals surface area contributed by atoms with Crippen molar-refractivity contribution in [2.75, 3.05) is 18.8 Å². The second-order valence-electron chi connectivity index (χ2n) is 6.76. The molecule has 4 nitrogen and oxygen atoms in total. The molecule has 5 heteroatoms. The van der Waals surface area contributed by atoms with Crippen molar-refractivity contribution in [2.24, 2.45) is 7.05 Å². The van der Waals surface area contributed by atoms with E-state index in [1.165, 1.54) is 5.56 Å². The van der Waals surface area contributed by atoms with Crippen molar-refractivity contribution in [3.63, 3.8) is 0 Å². The Kier molecular flexibility index (Phi) is 5.30. The highest BCUT2D eigenvalue weighted by Crippen LogP contribution is 2.34. The first-order valence-corrected chi connectivity index (χ1v) is 10.3. The lowest BCUT2D eigenvalue weighted by molar-refractivity contribution is 0.0755. The highest BCUT2D eigenvalue weighted by Gasteiger charge is 2.25. The van der Waals surface area contributed by atoms with Gasteiger partial charge in [0, 0.05) is 36.7 Å². The molecule has 1 aliphatic heterocycles. The lowest BCUT2D eigenvalue weighted by atomic mass is 10.1. The van der Waals surface area contributed by atoms with Crippen LogP contribution in [0.25, 0.3) is 11.3 Å². The zero-order valence-electron chi connectivity index (χ0n) is 15.4. The summed E-state index contributed by atoms with van der Waals surface area (Å²) >= 11 is 1.94. The topological polar surface area (TPSA) is 38.1 Å². The van der Waals surface area contributed by atoms with Crippen LogP contribution >= 0.6 is 11.8 Å². The molecular weight excluding hydrogens is 354 g/mol. The fourth-order valence-electron chi connectivity index (χ4n) is 3.49. The van der Waals surface area contributed by atoms with E-state index in [1.807, 2.05) is 66.2 Å². The molecule has 27 heavy (non-hydrogen) atoms. The summed E-state index contributed by atoms with van der Waals surface area (Å²) in [5, 5.41) is 5.00. The van der Waals surface area contributed by atoms with Gasteiger partial charge in [0.2, 0.25) is 0 Å². The van der Waals surface area contributed by atoms with Gasteiger partial charge >= 0.3 is 0 Å². The average Bonchev–Trinajstić information content (AvgIpc) is 2.94. The van der Waals surface area contributed by atoms with Gasteiger partial charge < -0.3 is 4.90 Å². The summed E-state index contributed by atoms with van der Waals surface area (Å²) in [5.41, 5.74) is 3.87. The van der Waals surface area contributed by atoms with Crippen LogP contribution in [0.3, 0.4) is 0 Å². The van der Waals surface area contributed by atoms with Crippen molar-refractivity contribution in [3.05, 3.63) is 78.0 Å². The number of nitrogens with zero attached hydrogens (tertiary/aromatic N) is 3. The smallest absolute Gasteiger partial charge is 0.272 e. The van der Waals surface area contributed by atoms with Crippen molar-refractivity contribution in [1.82, 2.24) is 14.7 Å². The minimum Gasteiger partial charge on any atom is -0.336 e. The van der Waals surface area contributed by atoms with Gasteiger partial charge in [0.25, 0.3) is 5.91 Å². The molecule has 1 fully saturated rings. The van der Waals surface area contributed by atoms with E-state index in [9.17, 15) is 4.79 Å². The summed E-state index contributed by atoms with van der Waals surface area (Å²) in [5.74, 6) is 1.02. The molecule has 1 amide bonds. The van der Waals surface area contributed by atoms with Crippen molar-refractivity contribution < 1.29 is 4.79 Å². The quantitative estimate of drug-likeness (QED) is 0.679. The Morgan fingerprint density at radius 1 is 1.04 bits per heavy atom. The summed E-state index contributed by atoms with van der Waals surface area (Å²) in [7, 11) is 1.85. The Bertz CT molecular complexity index is 908. The van der Waals surface area contributed by atoms with Crippen molar-refractivity contribution in [3.8, 4) is 11.3 Å². The molecule has 0 spiro atoms. The van der Waals surface area contributed by atoms with Gasteiger partial charge in [-0.1, -0.05) is 60.7 Å². The predicted molar refractivity (Wildman–Crippen MR) is 111 cm³/mol. The SMILES string of the molecule is Cn1nc(-c2ccccc2)cc1C(=O)N1CCSC(c2ccccc2)CC1. The number of aromatic nitrogens is 2. The van der Waals surface area contributed by atoms with Gasteiger partial charge in [0.1, 0.15) is 5.69 Å². The fraction of sp³-hybridized carbons (Fsp3) is 0.273. The molecule has 1 aliphatic rings. The third kappa shape index (κ3) is 3.93. The van der Waals surface area contributed by atoms with Crippen LogP contribution in [0, 0.1) is 0 Å². The van der Waals surface area contributed by atoms with Gasteiger partial charge in [-0.3, -0.25) is 9.48 Å². The third-order valence-corrected chi connectivity index (χ3v) is 6.30. The molecular formula is C22H23N3OS. The highest BCUT2D eigenvalue weighted by molar-refractivity contribution is 7.99. The monoisotopic (exact) mass is 377 g/mol. The molecule has 0 bridgehead atoms. The number of carbonyl (C=O) groups excluding carboxylic acids is 1. The molecule has 138 valence electrons. The van der Waals surface area contributed by atoms with Crippen LogP contribution < -0.4 is 0 Å². The Labute approximate surface area is 164 Å². The average molecular weight is 378 g/mol. The fourth-order valence-corrected chi connectivity index (χ4v) is 4.72. The van der Waals surface area contributed by atoms with E-state index in [2.05, 4.69) is 29.4 Å². The van der Waals surface area contributed by atoms with E-state index in [4.69, 9.17) is 0 Å². The van der Waals surface area contributed by atoms with Crippen molar-refractivity contribution >= 4 is 17.7 Å². The van der Waals surface area contributed by atoms with Gasteiger partial charge in [0.05, 0.1) is 5.69 Å². The predicted octanol–water partition coefficient (Wildman–Crippen LogP) is 4.41. The zero-order valence-corrected chi connectivity index (χ0v) is 16.2. The largest absolute Gasteiger partial charge is 0.336 e. The summed E-state index contributed by atoms with van der Waals surface area (Å²) in [6.07, 6.45) is 0.976. The number of hydrogen-bond acceptors (Lipinski definition) is 3. The molecule has 1 aromatic heterocycles. The molecule has 2 aromatic carbocycles. The Hall–Kier alpha value is -2.53. The molecule has 2 heterocycles. The van der Waals surface area contributed by atoms with Crippen molar-refractivity contribution in [2.45, 2.75) is 11.7 Å². The number of amides is 1. The van der Waals surface area contributed by atoms with E-state index >= 15 is 0 Å². The van der Waals surface area contributed by atoms with Crippen LogP contribution in [0.5, 0.6) is 0 Å². The molecule has 4 rings (SSSR count). The van der Waals surface area contributed by atoms with Gasteiger partial charge in [-0.05, 0) is 18.1 Å². The highest BCUT2D eigenvalue weighted by atomic mass is 32.2. The first-order valence-electron chi connectivity index (χ1n) is 9.27. The minimum atomic E-state index is 0.0708. The van der Waals surface area contributed by atoms with E-state index < -0.39 is 0 Å². The number of rotatable bonds is 3. The molecule has 0 saturated carbocycles. The van der Waals surface area contributed by atoms with Crippen LogP contribution in [-0.4, -0.2) is 39.4 Å². The van der Waals surface area contributed by atoms with E-state index in [-0.39, 0.29) is 5.91 Å². The Balaban J connectivity index is 1.49. The third-order valence-electron chi connectivity index (χ3n) is 4.97. The maximum atomic E-state index is 13.1. The zero-order chi connectivity index (χ0) is 18.6. The van der Waals surface area contributed by atoms with Gasteiger partial charge in [-0.25, -0.2) is 0 Å². The normalized spacial score (nSPS) is 17.5. The number of thioether (sulfide) groups is 1. The van der Waals surface area contributed by atoms with Crippen LogP contribution in [0.15, 0.2) is 66.7 Å². The molecule has 1 unspecified atom stereocenters. The Morgan fingerprint density at radius 3 is 2.48 bits per heavy atom. The molecule has 0 aliphatic carbocycles. The van der Waals surface area contributed by atoms with E-state index in [0.29, 0.717) is 10.9 Å². The van der Waals surface area contributed by atoms with Crippen molar-refractivity contribution in [1.29, 1.82) is 0 Å². The Morgan fingerprint density at radius 2 is 1.74 bits per heavy atom. The van der Waals surface area contributed by atoms with Gasteiger partial charge in [0.15, 0.2) is 0 Å². The second kappa shape index (κ2) is 8.01. The summed E-state index contributed by atoms with van der Waals surface area (Å²) in [6, 6.07) is 22.5. The minimum absolute atomic E-state index is 0.0708. The molecule has 1 saturated heterocycles. The van der Waals surface area contributed by atoms with E-state index in [1.54, 1.807) is 4.68 Å². The lowest BCUT2D eigenvalue weighted by Gasteiger charge is -2.20. The van der Waals surface area contributed by atoms with Gasteiger partial charge in [-0.15, -0.1) is 0 Å². The van der Waals surface area contributed by atoms with Crippen LogP contribution in [0.4, 0.5) is 0 Å². The first kappa shape index (κ1) is 17.9. The first-order chi connectivity index (χ1) is 13.2. The molecule has 0 radical (unpaired) electrons. The van der Waals surface area contributed by atoms with Crippen LogP contribution in [-0.2, 0) is 7.05 Å². The summed E-state index contributed by atoms with van der Waals surface area (Å²) in [6.45, 7) is 1.55.